The number of ether oxygens (including phenoxy) is 2. The Hall–Kier alpha value is -4.99. The molecule has 0 saturated carbocycles. The van der Waals surface area contributed by atoms with Crippen LogP contribution in [0.1, 0.15) is 16.2 Å². The third-order valence-electron chi connectivity index (χ3n) is 5.37. The Labute approximate surface area is 205 Å². The molecule has 4 rings (SSSR count). The van der Waals surface area contributed by atoms with Gasteiger partial charge in [0, 0.05) is 0 Å². The minimum atomic E-state index is -0.581. The molecule has 1 heterocycles. The number of anilines is 2. The van der Waals surface area contributed by atoms with Gasteiger partial charge in [0.15, 0.2) is 0 Å². The SMILES string of the molecule is COC(=O)c1ccc(OC)c(NC(=O)Cc2nc3ccccc3c(=O)n2N(C=O)c2ccccc2)c1. The number of methoxy groups -OCH3 is 2. The number of benzene rings is 3. The van der Waals surface area contributed by atoms with Gasteiger partial charge in [-0.05, 0) is 42.5 Å². The predicted molar refractivity (Wildman–Crippen MR) is 133 cm³/mol. The Balaban J connectivity index is 1.76. The molecule has 0 radical (unpaired) electrons. The van der Waals surface area contributed by atoms with Gasteiger partial charge in [0.1, 0.15) is 11.6 Å². The van der Waals surface area contributed by atoms with Crippen molar-refractivity contribution in [2.24, 2.45) is 0 Å². The van der Waals surface area contributed by atoms with E-state index in [-0.39, 0.29) is 28.9 Å². The lowest BCUT2D eigenvalue weighted by Crippen LogP contribution is -2.41. The van der Waals surface area contributed by atoms with Crippen LogP contribution in [0.15, 0.2) is 77.6 Å². The number of hydrogen-bond donors (Lipinski definition) is 1. The third-order valence-corrected chi connectivity index (χ3v) is 5.37. The summed E-state index contributed by atoms with van der Waals surface area (Å²) in [4.78, 5) is 55.1. The molecule has 0 unspecified atom stereocenters. The maximum absolute atomic E-state index is 13.4. The quantitative estimate of drug-likeness (QED) is 0.300. The zero-order chi connectivity index (χ0) is 25.7. The molecule has 0 aliphatic rings. The number of nitrogens with zero attached hydrogens (tertiary/aromatic N) is 3. The molecule has 0 aliphatic carbocycles. The van der Waals surface area contributed by atoms with Crippen molar-refractivity contribution in [3.63, 3.8) is 0 Å². The number of amides is 2. The first-order valence-electron chi connectivity index (χ1n) is 10.8. The van der Waals surface area contributed by atoms with Gasteiger partial charge < -0.3 is 14.8 Å². The van der Waals surface area contributed by atoms with E-state index in [9.17, 15) is 19.2 Å². The average Bonchev–Trinajstić information content (AvgIpc) is 2.90. The molecule has 3 aromatic carbocycles. The first-order valence-corrected chi connectivity index (χ1v) is 10.8. The number of hydrogen-bond acceptors (Lipinski definition) is 7. The number of para-hydroxylation sites is 2. The summed E-state index contributed by atoms with van der Waals surface area (Å²) in [5.41, 5.74) is 0.733. The lowest BCUT2D eigenvalue weighted by Gasteiger charge is -2.23. The van der Waals surface area contributed by atoms with Crippen LogP contribution in [0.2, 0.25) is 0 Å². The molecule has 1 N–H and O–H groups in total. The average molecular weight is 486 g/mol. The molecule has 0 bridgehead atoms. The van der Waals surface area contributed by atoms with Crippen molar-refractivity contribution in [2.75, 3.05) is 24.5 Å². The fraction of sp³-hybridized carbons (Fsp3) is 0.115. The van der Waals surface area contributed by atoms with Gasteiger partial charge in [0.2, 0.25) is 12.3 Å². The first-order chi connectivity index (χ1) is 17.5. The highest BCUT2D eigenvalue weighted by molar-refractivity contribution is 5.97. The molecule has 36 heavy (non-hydrogen) atoms. The van der Waals surface area contributed by atoms with E-state index in [1.54, 1.807) is 54.6 Å². The van der Waals surface area contributed by atoms with Gasteiger partial charge >= 0.3 is 5.97 Å². The van der Waals surface area contributed by atoms with Crippen LogP contribution < -0.4 is 20.6 Å². The van der Waals surface area contributed by atoms with Gasteiger partial charge in [0.25, 0.3) is 5.56 Å². The summed E-state index contributed by atoms with van der Waals surface area (Å²) in [6.45, 7) is 0. The standard InChI is InChI=1S/C26H22N4O6/c1-35-22-13-12-17(26(34)36-2)14-21(22)28-24(32)15-23-27-20-11-7-6-10-19(20)25(33)30(23)29(16-31)18-8-4-3-5-9-18/h3-14,16H,15H2,1-2H3,(H,28,32). The number of esters is 1. The fourth-order valence-corrected chi connectivity index (χ4v) is 3.70. The van der Waals surface area contributed by atoms with Crippen LogP contribution in [0.25, 0.3) is 10.9 Å². The molecule has 2 amide bonds. The lowest BCUT2D eigenvalue weighted by atomic mass is 10.1. The highest BCUT2D eigenvalue weighted by atomic mass is 16.5. The number of carbonyl (C=O) groups is 3. The van der Waals surface area contributed by atoms with E-state index >= 15 is 0 Å². The highest BCUT2D eigenvalue weighted by Crippen LogP contribution is 2.26. The third kappa shape index (κ3) is 4.78. The molecule has 1 aromatic heterocycles. The van der Waals surface area contributed by atoms with Gasteiger partial charge in [-0.1, -0.05) is 30.3 Å². The van der Waals surface area contributed by atoms with E-state index in [0.29, 0.717) is 23.4 Å². The van der Waals surface area contributed by atoms with Crippen LogP contribution in [-0.2, 0) is 20.7 Å². The van der Waals surface area contributed by atoms with E-state index in [4.69, 9.17) is 9.47 Å². The van der Waals surface area contributed by atoms with E-state index in [1.165, 1.54) is 32.4 Å². The fourth-order valence-electron chi connectivity index (χ4n) is 3.70. The number of aromatic nitrogens is 2. The normalized spacial score (nSPS) is 10.5. The molecule has 4 aromatic rings. The largest absolute Gasteiger partial charge is 0.495 e. The van der Waals surface area contributed by atoms with Crippen molar-refractivity contribution in [3.05, 3.63) is 94.5 Å². The maximum Gasteiger partial charge on any atom is 0.337 e. The molecule has 0 spiro atoms. The van der Waals surface area contributed by atoms with Crippen LogP contribution in [0.5, 0.6) is 5.75 Å². The molecule has 10 heteroatoms. The first kappa shape index (κ1) is 24.1. The zero-order valence-corrected chi connectivity index (χ0v) is 19.5. The Kier molecular flexibility index (Phi) is 7.05. The van der Waals surface area contributed by atoms with Crippen LogP contribution in [0, 0.1) is 0 Å². The number of fused-ring (bicyclic) bond motifs is 1. The van der Waals surface area contributed by atoms with Crippen molar-refractivity contribution in [2.45, 2.75) is 6.42 Å². The van der Waals surface area contributed by atoms with Gasteiger partial charge in [-0.15, -0.1) is 0 Å². The van der Waals surface area contributed by atoms with Gasteiger partial charge in [-0.3, -0.25) is 14.4 Å². The smallest absolute Gasteiger partial charge is 0.337 e. The number of carbonyl (C=O) groups excluding carboxylic acids is 3. The topological polar surface area (TPSA) is 120 Å². The van der Waals surface area contributed by atoms with Crippen molar-refractivity contribution in [1.82, 2.24) is 9.66 Å². The highest BCUT2D eigenvalue weighted by Gasteiger charge is 2.21. The van der Waals surface area contributed by atoms with Crippen molar-refractivity contribution in [1.29, 1.82) is 0 Å². The molecular weight excluding hydrogens is 464 g/mol. The molecule has 0 aliphatic heterocycles. The van der Waals surface area contributed by atoms with Crippen LogP contribution in [0.4, 0.5) is 11.4 Å². The second kappa shape index (κ2) is 10.5. The van der Waals surface area contributed by atoms with Crippen molar-refractivity contribution < 1.29 is 23.9 Å². The minimum Gasteiger partial charge on any atom is -0.495 e. The van der Waals surface area contributed by atoms with E-state index in [1.807, 2.05) is 0 Å². The summed E-state index contributed by atoms with van der Waals surface area (Å²) in [6, 6.07) is 19.6. The second-order valence-corrected chi connectivity index (χ2v) is 7.58. The Morgan fingerprint density at radius 2 is 1.75 bits per heavy atom. The Morgan fingerprint density at radius 3 is 2.44 bits per heavy atom. The van der Waals surface area contributed by atoms with E-state index < -0.39 is 17.4 Å². The van der Waals surface area contributed by atoms with Crippen LogP contribution >= 0.6 is 0 Å². The lowest BCUT2D eigenvalue weighted by molar-refractivity contribution is -0.116. The van der Waals surface area contributed by atoms with Gasteiger partial charge in [-0.25, -0.2) is 14.8 Å². The van der Waals surface area contributed by atoms with Gasteiger partial charge in [-0.2, -0.15) is 4.68 Å². The molecular formula is C26H22N4O6. The van der Waals surface area contributed by atoms with Crippen molar-refractivity contribution in [3.8, 4) is 5.75 Å². The maximum atomic E-state index is 13.4. The van der Waals surface area contributed by atoms with Crippen molar-refractivity contribution >= 4 is 40.6 Å². The van der Waals surface area contributed by atoms with Crippen LogP contribution in [-0.4, -0.2) is 42.2 Å². The number of nitrogens with one attached hydrogen (secondary N) is 1. The summed E-state index contributed by atoms with van der Waals surface area (Å²) in [5.74, 6) is -0.776. The predicted octanol–water partition coefficient (Wildman–Crippen LogP) is 2.80. The minimum absolute atomic E-state index is 0.0373. The molecule has 0 saturated heterocycles. The summed E-state index contributed by atoms with van der Waals surface area (Å²) in [5, 5.41) is 4.08. The number of rotatable bonds is 8. The summed E-state index contributed by atoms with van der Waals surface area (Å²) in [7, 11) is 2.67. The molecule has 182 valence electrons. The van der Waals surface area contributed by atoms with Gasteiger partial charge in [0.05, 0.1) is 48.5 Å². The van der Waals surface area contributed by atoms with E-state index in [2.05, 4.69) is 10.3 Å². The Morgan fingerprint density at radius 1 is 1.03 bits per heavy atom. The molecule has 0 fully saturated rings. The van der Waals surface area contributed by atoms with Crippen LogP contribution in [0.3, 0.4) is 0 Å². The summed E-state index contributed by atoms with van der Waals surface area (Å²) in [6.07, 6.45) is 0.125. The summed E-state index contributed by atoms with van der Waals surface area (Å²) >= 11 is 0. The monoisotopic (exact) mass is 486 g/mol. The summed E-state index contributed by atoms with van der Waals surface area (Å²) < 4.78 is 11.1. The second-order valence-electron chi connectivity index (χ2n) is 7.58. The Bertz CT molecular complexity index is 1500. The molecule has 0 atom stereocenters. The van der Waals surface area contributed by atoms with E-state index in [0.717, 1.165) is 9.69 Å². The molecule has 10 nitrogen and oxygen atoms in total. The zero-order valence-electron chi connectivity index (χ0n) is 19.5.